The monoisotopic (exact) mass is 426 g/mol. The smallest absolute Gasteiger partial charge is 0.233 e. The van der Waals surface area contributed by atoms with Gasteiger partial charge in [0, 0.05) is 13.1 Å². The van der Waals surface area contributed by atoms with Crippen molar-refractivity contribution in [2.75, 3.05) is 18.9 Å². The molecule has 2 heterocycles. The van der Waals surface area contributed by atoms with Crippen LogP contribution in [0.4, 0.5) is 0 Å². The van der Waals surface area contributed by atoms with E-state index >= 15 is 0 Å². The van der Waals surface area contributed by atoms with Gasteiger partial charge in [-0.05, 0) is 42.9 Å². The first kappa shape index (κ1) is 22.2. The van der Waals surface area contributed by atoms with Crippen LogP contribution in [-0.2, 0) is 37.3 Å². The van der Waals surface area contributed by atoms with E-state index in [0.717, 1.165) is 5.56 Å². The maximum Gasteiger partial charge on any atom is 0.233 e. The van der Waals surface area contributed by atoms with E-state index in [-0.39, 0.29) is 19.6 Å². The number of hydrogen-bond acceptors (Lipinski definition) is 6. The quantitative estimate of drug-likeness (QED) is 0.406. The third kappa shape index (κ3) is 4.97. The van der Waals surface area contributed by atoms with Crippen molar-refractivity contribution in [2.45, 2.75) is 64.5 Å². The Labute approximate surface area is 172 Å². The predicted octanol–water partition coefficient (Wildman–Crippen LogP) is 1.87. The molecule has 2 atom stereocenters. The van der Waals surface area contributed by atoms with Crippen LogP contribution in [0.15, 0.2) is 18.2 Å². The summed E-state index contributed by atoms with van der Waals surface area (Å²) in [5, 5.41) is 10.4. The fraction of sp³-hybridized carbons (Fsp3) is 0.650. The molecule has 1 amide bonds. The van der Waals surface area contributed by atoms with Gasteiger partial charge in [-0.2, -0.15) is 4.31 Å². The molecule has 1 aromatic rings. The molecule has 1 fully saturated rings. The lowest BCUT2D eigenvalue weighted by Crippen LogP contribution is -2.50. The van der Waals surface area contributed by atoms with Gasteiger partial charge in [-0.25, -0.2) is 13.5 Å². The lowest BCUT2D eigenvalue weighted by atomic mass is 9.94. The van der Waals surface area contributed by atoms with Crippen molar-refractivity contribution in [1.29, 1.82) is 0 Å². The summed E-state index contributed by atoms with van der Waals surface area (Å²) in [7, 11) is -3.74. The second-order valence-electron chi connectivity index (χ2n) is 8.46. The SMILES string of the molecule is CC(C)c1ccc2c(c1)CCN(S(=O)(=O)C[C@H]([C@H]1COC(C)(C)O1)N(O)C=O)C2. The van der Waals surface area contributed by atoms with Gasteiger partial charge in [0.2, 0.25) is 16.4 Å². The number of carbonyl (C=O) groups excluding carboxylic acids is 1. The highest BCUT2D eigenvalue weighted by Gasteiger charge is 2.43. The summed E-state index contributed by atoms with van der Waals surface area (Å²) in [6.45, 7) is 8.41. The number of rotatable bonds is 7. The minimum absolute atomic E-state index is 0.0961. The van der Waals surface area contributed by atoms with Crippen molar-refractivity contribution in [3.05, 3.63) is 34.9 Å². The molecular formula is C20H30N2O6S. The van der Waals surface area contributed by atoms with E-state index in [9.17, 15) is 18.4 Å². The first-order valence-electron chi connectivity index (χ1n) is 9.86. The fourth-order valence-corrected chi connectivity index (χ4v) is 5.52. The van der Waals surface area contributed by atoms with Crippen LogP contribution in [0.3, 0.4) is 0 Å². The Morgan fingerprint density at radius 3 is 2.66 bits per heavy atom. The topological polar surface area (TPSA) is 96.4 Å². The van der Waals surface area contributed by atoms with E-state index in [1.807, 2.05) is 12.1 Å². The molecule has 0 saturated carbocycles. The van der Waals surface area contributed by atoms with Crippen LogP contribution in [0.5, 0.6) is 0 Å². The zero-order valence-electron chi connectivity index (χ0n) is 17.4. The van der Waals surface area contributed by atoms with Gasteiger partial charge in [0.25, 0.3) is 0 Å². The second-order valence-corrected chi connectivity index (χ2v) is 10.5. The standard InChI is InChI=1S/C20H30N2O6S/c1-14(2)15-5-6-17-10-21(8-7-16(17)9-15)29(25,26)12-18(22(24)13-23)19-11-27-20(3,4)28-19/h5-6,9,13-14,18-19,24H,7-8,10-12H2,1-4H3/t18-,19-/m1/s1. The lowest BCUT2D eigenvalue weighted by molar-refractivity contribution is -0.182. The molecule has 0 bridgehead atoms. The van der Waals surface area contributed by atoms with Crippen LogP contribution in [0.25, 0.3) is 0 Å². The number of sulfonamides is 1. The molecule has 29 heavy (non-hydrogen) atoms. The number of hydroxylamine groups is 2. The molecule has 9 heteroatoms. The van der Waals surface area contributed by atoms with Gasteiger partial charge in [-0.1, -0.05) is 32.0 Å². The highest BCUT2D eigenvalue weighted by molar-refractivity contribution is 7.89. The molecule has 3 rings (SSSR count). The van der Waals surface area contributed by atoms with Gasteiger partial charge in [0.1, 0.15) is 12.1 Å². The summed E-state index contributed by atoms with van der Waals surface area (Å²) in [4.78, 5) is 11.1. The van der Waals surface area contributed by atoms with E-state index < -0.39 is 33.7 Å². The normalized spacial score (nSPS) is 23.0. The van der Waals surface area contributed by atoms with E-state index in [0.29, 0.717) is 23.9 Å². The Balaban J connectivity index is 1.76. The van der Waals surface area contributed by atoms with Crippen molar-refractivity contribution in [1.82, 2.24) is 9.37 Å². The van der Waals surface area contributed by atoms with E-state index in [4.69, 9.17) is 9.47 Å². The molecule has 162 valence electrons. The highest BCUT2D eigenvalue weighted by atomic mass is 32.2. The van der Waals surface area contributed by atoms with Gasteiger partial charge in [-0.3, -0.25) is 10.0 Å². The zero-order valence-corrected chi connectivity index (χ0v) is 18.2. The maximum absolute atomic E-state index is 13.1. The van der Waals surface area contributed by atoms with Gasteiger partial charge in [0.05, 0.1) is 12.4 Å². The maximum atomic E-state index is 13.1. The number of nitrogens with zero attached hydrogens (tertiary/aromatic N) is 2. The van der Waals surface area contributed by atoms with Gasteiger partial charge >= 0.3 is 0 Å². The summed E-state index contributed by atoms with van der Waals surface area (Å²) >= 11 is 0. The number of fused-ring (bicyclic) bond motifs is 1. The number of carbonyl (C=O) groups is 1. The average molecular weight is 427 g/mol. The number of amides is 1. The summed E-state index contributed by atoms with van der Waals surface area (Å²) in [6, 6.07) is 5.13. The van der Waals surface area contributed by atoms with Crippen LogP contribution < -0.4 is 0 Å². The van der Waals surface area contributed by atoms with Crippen molar-refractivity contribution in [3.8, 4) is 0 Å². The van der Waals surface area contributed by atoms with Crippen molar-refractivity contribution in [2.24, 2.45) is 0 Å². The van der Waals surface area contributed by atoms with Crippen LogP contribution in [0.1, 0.15) is 50.3 Å². The second kappa shape index (κ2) is 8.31. The molecule has 1 N–H and O–H groups in total. The lowest BCUT2D eigenvalue weighted by Gasteiger charge is -2.32. The minimum atomic E-state index is -3.74. The molecule has 1 saturated heterocycles. The number of benzene rings is 1. The molecule has 0 aliphatic carbocycles. The predicted molar refractivity (Wildman–Crippen MR) is 107 cm³/mol. The molecule has 0 unspecified atom stereocenters. The van der Waals surface area contributed by atoms with E-state index in [2.05, 4.69) is 19.9 Å². The molecular weight excluding hydrogens is 396 g/mol. The first-order valence-corrected chi connectivity index (χ1v) is 11.5. The largest absolute Gasteiger partial charge is 0.348 e. The van der Waals surface area contributed by atoms with Crippen molar-refractivity contribution < 1.29 is 27.9 Å². The first-order chi connectivity index (χ1) is 13.5. The van der Waals surface area contributed by atoms with Gasteiger partial charge in [-0.15, -0.1) is 0 Å². The van der Waals surface area contributed by atoms with Crippen LogP contribution in [0.2, 0.25) is 0 Å². The number of hydrogen-bond donors (Lipinski definition) is 1. The zero-order chi connectivity index (χ0) is 21.4. The van der Waals surface area contributed by atoms with E-state index in [1.165, 1.54) is 15.4 Å². The summed E-state index contributed by atoms with van der Waals surface area (Å²) in [6.07, 6.45) is 0.0980. The van der Waals surface area contributed by atoms with Gasteiger partial charge < -0.3 is 9.47 Å². The minimum Gasteiger partial charge on any atom is -0.348 e. The van der Waals surface area contributed by atoms with Crippen molar-refractivity contribution in [3.63, 3.8) is 0 Å². The Hall–Kier alpha value is -1.52. The summed E-state index contributed by atoms with van der Waals surface area (Å²) in [5.41, 5.74) is 3.40. The van der Waals surface area contributed by atoms with Crippen LogP contribution >= 0.6 is 0 Å². The Morgan fingerprint density at radius 2 is 2.07 bits per heavy atom. The van der Waals surface area contributed by atoms with E-state index in [1.54, 1.807) is 13.8 Å². The third-order valence-corrected chi connectivity index (χ3v) is 7.42. The summed E-state index contributed by atoms with van der Waals surface area (Å²) < 4.78 is 38.8. The Bertz CT molecular complexity index is 855. The highest BCUT2D eigenvalue weighted by Crippen LogP contribution is 2.29. The third-order valence-electron chi connectivity index (χ3n) is 5.56. The van der Waals surface area contributed by atoms with Crippen LogP contribution in [0, 0.1) is 0 Å². The number of ether oxygens (including phenoxy) is 2. The Morgan fingerprint density at radius 1 is 1.34 bits per heavy atom. The van der Waals surface area contributed by atoms with Crippen LogP contribution in [-0.4, -0.2) is 66.2 Å². The van der Waals surface area contributed by atoms with Gasteiger partial charge in [0.15, 0.2) is 5.79 Å². The molecule has 8 nitrogen and oxygen atoms in total. The fourth-order valence-electron chi connectivity index (χ4n) is 3.80. The molecule has 2 aliphatic heterocycles. The molecule has 0 spiro atoms. The molecule has 0 aromatic heterocycles. The average Bonchev–Trinajstić information content (AvgIpc) is 3.04. The molecule has 2 aliphatic rings. The summed E-state index contributed by atoms with van der Waals surface area (Å²) in [5.74, 6) is -0.917. The molecule has 0 radical (unpaired) electrons. The molecule has 1 aromatic carbocycles. The van der Waals surface area contributed by atoms with Crippen molar-refractivity contribution >= 4 is 16.4 Å². The Kier molecular flexibility index (Phi) is 6.35.